The molecule has 4 nitrogen and oxygen atoms in total. The molecule has 0 saturated heterocycles. The Morgan fingerprint density at radius 2 is 2.27 bits per heavy atom. The molecule has 1 aromatic rings. The number of aryl methyl sites for hydroxylation is 1. The standard InChI is InChI=1S/C6H11N3OS/c1-5-7-8-6(9(5)2)11-4-3-10/h10H,3-4H2,1-2H3. The molecule has 11 heavy (non-hydrogen) atoms. The lowest BCUT2D eigenvalue weighted by Crippen LogP contribution is -1.95. The second kappa shape index (κ2) is 3.73. The molecule has 62 valence electrons. The fourth-order valence-electron chi connectivity index (χ4n) is 0.650. The molecule has 0 radical (unpaired) electrons. The third-order valence-electron chi connectivity index (χ3n) is 1.38. The van der Waals surface area contributed by atoms with Gasteiger partial charge in [-0.05, 0) is 6.92 Å². The largest absolute Gasteiger partial charge is 0.396 e. The first kappa shape index (κ1) is 8.55. The Hall–Kier alpha value is -0.550. The van der Waals surface area contributed by atoms with Crippen molar-refractivity contribution >= 4 is 11.8 Å². The summed E-state index contributed by atoms with van der Waals surface area (Å²) in [4.78, 5) is 0. The van der Waals surface area contributed by atoms with Crippen LogP contribution in [-0.2, 0) is 7.05 Å². The second-order valence-corrected chi connectivity index (χ2v) is 3.22. The van der Waals surface area contributed by atoms with Crippen LogP contribution in [0.4, 0.5) is 0 Å². The first-order valence-electron chi connectivity index (χ1n) is 3.35. The van der Waals surface area contributed by atoms with Crippen LogP contribution in [0, 0.1) is 6.92 Å². The van der Waals surface area contributed by atoms with E-state index < -0.39 is 0 Å². The Labute approximate surface area is 69.6 Å². The molecular formula is C6H11N3OS. The van der Waals surface area contributed by atoms with Crippen molar-refractivity contribution in [2.45, 2.75) is 12.1 Å². The molecule has 0 aliphatic heterocycles. The van der Waals surface area contributed by atoms with E-state index in [1.165, 1.54) is 11.8 Å². The lowest BCUT2D eigenvalue weighted by Gasteiger charge is -1.97. The molecule has 0 saturated carbocycles. The van der Waals surface area contributed by atoms with Crippen LogP contribution < -0.4 is 0 Å². The van der Waals surface area contributed by atoms with Crippen LogP contribution in [0.15, 0.2) is 5.16 Å². The third-order valence-corrected chi connectivity index (χ3v) is 2.38. The van der Waals surface area contributed by atoms with Crippen LogP contribution in [-0.4, -0.2) is 32.2 Å². The minimum atomic E-state index is 0.177. The summed E-state index contributed by atoms with van der Waals surface area (Å²) in [5, 5.41) is 17.2. The molecule has 0 amide bonds. The summed E-state index contributed by atoms with van der Waals surface area (Å²) in [6.07, 6.45) is 0. The number of hydrogen-bond acceptors (Lipinski definition) is 4. The van der Waals surface area contributed by atoms with E-state index in [0.717, 1.165) is 11.0 Å². The van der Waals surface area contributed by atoms with Gasteiger partial charge in [0.1, 0.15) is 5.82 Å². The summed E-state index contributed by atoms with van der Waals surface area (Å²) in [5.41, 5.74) is 0. The predicted molar refractivity (Wildman–Crippen MR) is 43.5 cm³/mol. The number of rotatable bonds is 3. The van der Waals surface area contributed by atoms with Crippen LogP contribution in [0.2, 0.25) is 0 Å². The summed E-state index contributed by atoms with van der Waals surface area (Å²) in [6.45, 7) is 2.08. The van der Waals surface area contributed by atoms with Crippen LogP contribution in [0.1, 0.15) is 5.82 Å². The molecule has 0 aromatic carbocycles. The Bertz CT molecular complexity index is 236. The second-order valence-electron chi connectivity index (χ2n) is 2.16. The zero-order valence-corrected chi connectivity index (χ0v) is 7.43. The van der Waals surface area contributed by atoms with Gasteiger partial charge in [-0.15, -0.1) is 10.2 Å². The zero-order valence-electron chi connectivity index (χ0n) is 6.61. The van der Waals surface area contributed by atoms with Crippen molar-refractivity contribution < 1.29 is 5.11 Å². The van der Waals surface area contributed by atoms with E-state index in [-0.39, 0.29) is 6.61 Å². The van der Waals surface area contributed by atoms with E-state index in [2.05, 4.69) is 10.2 Å². The number of nitrogens with zero attached hydrogens (tertiary/aromatic N) is 3. The van der Waals surface area contributed by atoms with Crippen molar-refractivity contribution in [1.29, 1.82) is 0 Å². The number of aliphatic hydroxyl groups is 1. The van der Waals surface area contributed by atoms with Gasteiger partial charge in [0.05, 0.1) is 6.61 Å². The van der Waals surface area contributed by atoms with Crippen LogP contribution in [0.25, 0.3) is 0 Å². The molecule has 0 fully saturated rings. The predicted octanol–water partition coefficient (Wildman–Crippen LogP) is 0.208. The summed E-state index contributed by atoms with van der Waals surface area (Å²) < 4.78 is 1.90. The molecule has 0 aliphatic carbocycles. The summed E-state index contributed by atoms with van der Waals surface area (Å²) in [7, 11) is 1.91. The molecular weight excluding hydrogens is 162 g/mol. The lowest BCUT2D eigenvalue weighted by atomic mass is 10.7. The highest BCUT2D eigenvalue weighted by Gasteiger charge is 2.03. The SMILES string of the molecule is Cc1nnc(SCCO)n1C. The first-order valence-corrected chi connectivity index (χ1v) is 4.34. The normalized spacial score (nSPS) is 10.5. The van der Waals surface area contributed by atoms with Gasteiger partial charge in [-0.25, -0.2) is 0 Å². The molecule has 1 heterocycles. The van der Waals surface area contributed by atoms with E-state index >= 15 is 0 Å². The fourth-order valence-corrected chi connectivity index (χ4v) is 1.35. The highest BCUT2D eigenvalue weighted by Crippen LogP contribution is 2.13. The number of aromatic nitrogens is 3. The maximum absolute atomic E-state index is 8.55. The van der Waals surface area contributed by atoms with E-state index in [4.69, 9.17) is 5.11 Å². The average molecular weight is 173 g/mol. The van der Waals surface area contributed by atoms with Crippen LogP contribution in [0.3, 0.4) is 0 Å². The van der Waals surface area contributed by atoms with Gasteiger partial charge in [-0.2, -0.15) is 0 Å². The first-order chi connectivity index (χ1) is 5.25. The lowest BCUT2D eigenvalue weighted by molar-refractivity contribution is 0.322. The van der Waals surface area contributed by atoms with Crippen LogP contribution in [0.5, 0.6) is 0 Å². The van der Waals surface area contributed by atoms with Gasteiger partial charge in [0, 0.05) is 12.8 Å². The van der Waals surface area contributed by atoms with Gasteiger partial charge < -0.3 is 9.67 Å². The summed E-state index contributed by atoms with van der Waals surface area (Å²) in [6, 6.07) is 0. The molecule has 0 aliphatic rings. The van der Waals surface area contributed by atoms with Crippen molar-refractivity contribution in [3.8, 4) is 0 Å². The van der Waals surface area contributed by atoms with Gasteiger partial charge in [0.2, 0.25) is 0 Å². The van der Waals surface area contributed by atoms with Crippen molar-refractivity contribution in [3.05, 3.63) is 5.82 Å². The van der Waals surface area contributed by atoms with Gasteiger partial charge in [-0.1, -0.05) is 11.8 Å². The fraction of sp³-hybridized carbons (Fsp3) is 0.667. The Morgan fingerprint density at radius 3 is 2.73 bits per heavy atom. The molecule has 1 rings (SSSR count). The van der Waals surface area contributed by atoms with E-state index in [1.54, 1.807) is 0 Å². The average Bonchev–Trinajstić information content (AvgIpc) is 2.31. The van der Waals surface area contributed by atoms with Gasteiger partial charge in [0.15, 0.2) is 5.16 Å². The van der Waals surface area contributed by atoms with Crippen molar-refractivity contribution in [2.75, 3.05) is 12.4 Å². The molecule has 0 bridgehead atoms. The molecule has 5 heteroatoms. The minimum Gasteiger partial charge on any atom is -0.396 e. The zero-order chi connectivity index (χ0) is 8.27. The monoisotopic (exact) mass is 173 g/mol. The summed E-state index contributed by atoms with van der Waals surface area (Å²) >= 11 is 1.51. The van der Waals surface area contributed by atoms with Gasteiger partial charge in [0.25, 0.3) is 0 Å². The Kier molecular flexibility index (Phi) is 2.90. The highest BCUT2D eigenvalue weighted by molar-refractivity contribution is 7.99. The Balaban J connectivity index is 2.63. The summed E-state index contributed by atoms with van der Waals surface area (Å²) in [5.74, 6) is 1.57. The molecule has 0 unspecified atom stereocenters. The maximum Gasteiger partial charge on any atom is 0.191 e. The van der Waals surface area contributed by atoms with Crippen LogP contribution >= 0.6 is 11.8 Å². The maximum atomic E-state index is 8.55. The number of hydrogen-bond donors (Lipinski definition) is 1. The van der Waals surface area contributed by atoms with Gasteiger partial charge in [-0.3, -0.25) is 0 Å². The third kappa shape index (κ3) is 1.94. The molecule has 0 spiro atoms. The van der Waals surface area contributed by atoms with E-state index in [1.807, 2.05) is 18.5 Å². The van der Waals surface area contributed by atoms with Gasteiger partial charge >= 0.3 is 0 Å². The van der Waals surface area contributed by atoms with E-state index in [0.29, 0.717) is 5.75 Å². The van der Waals surface area contributed by atoms with Crippen molar-refractivity contribution in [3.63, 3.8) is 0 Å². The molecule has 1 N–H and O–H groups in total. The smallest absolute Gasteiger partial charge is 0.191 e. The van der Waals surface area contributed by atoms with E-state index in [9.17, 15) is 0 Å². The van der Waals surface area contributed by atoms with Crippen molar-refractivity contribution in [2.24, 2.45) is 7.05 Å². The highest BCUT2D eigenvalue weighted by atomic mass is 32.2. The van der Waals surface area contributed by atoms with Crippen molar-refractivity contribution in [1.82, 2.24) is 14.8 Å². The number of aliphatic hydroxyl groups excluding tert-OH is 1. The quantitative estimate of drug-likeness (QED) is 0.664. The molecule has 0 atom stereocenters. The minimum absolute atomic E-state index is 0.177. The molecule has 1 aromatic heterocycles. The number of thioether (sulfide) groups is 1. The Morgan fingerprint density at radius 1 is 1.55 bits per heavy atom. The topological polar surface area (TPSA) is 50.9 Å².